The van der Waals surface area contributed by atoms with Crippen molar-refractivity contribution in [2.75, 3.05) is 0 Å². The highest BCUT2D eigenvalue weighted by Crippen LogP contribution is 2.37. The Morgan fingerprint density at radius 1 is 0.260 bits per heavy atom. The van der Waals surface area contributed by atoms with Gasteiger partial charge >= 0.3 is 0 Å². The molecule has 0 N–H and O–H groups in total. The lowest BCUT2D eigenvalue weighted by atomic mass is 9.93. The number of benzene rings is 7. The van der Waals surface area contributed by atoms with Gasteiger partial charge in [-0.05, 0) is 93.0 Å². The highest BCUT2D eigenvalue weighted by molar-refractivity contribution is 6.00. The fourth-order valence-electron chi connectivity index (χ4n) is 6.86. The van der Waals surface area contributed by atoms with Gasteiger partial charge in [0.1, 0.15) is 0 Å². The zero-order valence-corrected chi connectivity index (χ0v) is 27.4. The Labute approximate surface area is 292 Å². The molecule has 0 atom stereocenters. The number of hydrogen-bond acceptors (Lipinski definition) is 2. The van der Waals surface area contributed by atoms with Gasteiger partial charge < -0.3 is 0 Å². The fourth-order valence-corrected chi connectivity index (χ4v) is 6.86. The molecule has 2 heterocycles. The standard InChI is InChI=1S/C48H32N2/c1-3-12-33(13-4-1)36-17-9-19-38(28-36)39-25-27-47-44(31-39)43(32-48(50-47)42-22-10-18-37(29-42)34-14-5-2-6-15-34)40-20-11-21-41(30-40)46-26-24-35-16-7-8-23-45(35)49-46/h1-32H. The molecular formula is C48H32N2. The van der Waals surface area contributed by atoms with E-state index < -0.39 is 0 Å². The van der Waals surface area contributed by atoms with Gasteiger partial charge in [0.2, 0.25) is 0 Å². The van der Waals surface area contributed by atoms with Gasteiger partial charge in [0.25, 0.3) is 0 Å². The molecule has 0 amide bonds. The third kappa shape index (κ3) is 5.74. The van der Waals surface area contributed by atoms with Crippen LogP contribution in [0.15, 0.2) is 194 Å². The third-order valence-electron chi connectivity index (χ3n) is 9.44. The molecule has 234 valence electrons. The van der Waals surface area contributed by atoms with E-state index in [1.807, 2.05) is 6.07 Å². The van der Waals surface area contributed by atoms with E-state index in [-0.39, 0.29) is 0 Å². The summed E-state index contributed by atoms with van der Waals surface area (Å²) in [4.78, 5) is 10.3. The number of nitrogens with zero attached hydrogens (tertiary/aromatic N) is 2. The zero-order chi connectivity index (χ0) is 33.3. The van der Waals surface area contributed by atoms with Crippen molar-refractivity contribution in [3.63, 3.8) is 0 Å². The van der Waals surface area contributed by atoms with Crippen molar-refractivity contribution in [3.8, 4) is 67.0 Å². The summed E-state index contributed by atoms with van der Waals surface area (Å²) in [5.74, 6) is 0. The Bertz CT molecular complexity index is 2640. The number of pyridine rings is 2. The summed E-state index contributed by atoms with van der Waals surface area (Å²) in [7, 11) is 0. The molecule has 7 aromatic carbocycles. The van der Waals surface area contributed by atoms with Crippen LogP contribution in [0.5, 0.6) is 0 Å². The Hall–Kier alpha value is -6.64. The van der Waals surface area contributed by atoms with Crippen molar-refractivity contribution in [3.05, 3.63) is 194 Å². The van der Waals surface area contributed by atoms with E-state index in [1.165, 1.54) is 27.8 Å². The maximum absolute atomic E-state index is 5.27. The van der Waals surface area contributed by atoms with E-state index in [4.69, 9.17) is 9.97 Å². The topological polar surface area (TPSA) is 25.8 Å². The minimum Gasteiger partial charge on any atom is -0.248 e. The molecule has 2 heteroatoms. The molecule has 0 spiro atoms. The van der Waals surface area contributed by atoms with Crippen LogP contribution in [0.1, 0.15) is 0 Å². The summed E-state index contributed by atoms with van der Waals surface area (Å²) in [6.45, 7) is 0. The quantitative estimate of drug-likeness (QED) is 0.181. The van der Waals surface area contributed by atoms with Crippen LogP contribution in [-0.4, -0.2) is 9.97 Å². The van der Waals surface area contributed by atoms with Crippen LogP contribution in [0.3, 0.4) is 0 Å². The second kappa shape index (κ2) is 12.8. The molecular weight excluding hydrogens is 605 g/mol. The molecule has 0 bridgehead atoms. The second-order valence-corrected chi connectivity index (χ2v) is 12.7. The van der Waals surface area contributed by atoms with Gasteiger partial charge in [-0.3, -0.25) is 0 Å². The molecule has 0 aliphatic carbocycles. The molecule has 9 rings (SSSR count). The predicted molar refractivity (Wildman–Crippen MR) is 210 cm³/mol. The second-order valence-electron chi connectivity index (χ2n) is 12.7. The summed E-state index contributed by atoms with van der Waals surface area (Å²) in [6, 6.07) is 68.8. The first-order chi connectivity index (χ1) is 24.7. The van der Waals surface area contributed by atoms with E-state index in [0.29, 0.717) is 0 Å². The van der Waals surface area contributed by atoms with E-state index in [2.05, 4.69) is 188 Å². The van der Waals surface area contributed by atoms with Crippen LogP contribution >= 0.6 is 0 Å². The molecule has 0 aliphatic rings. The number of para-hydroxylation sites is 1. The van der Waals surface area contributed by atoms with Gasteiger partial charge in [-0.25, -0.2) is 9.97 Å². The Kier molecular flexibility index (Phi) is 7.53. The van der Waals surface area contributed by atoms with Crippen molar-refractivity contribution < 1.29 is 0 Å². The van der Waals surface area contributed by atoms with Crippen LogP contribution < -0.4 is 0 Å². The number of rotatable bonds is 6. The molecule has 0 fully saturated rings. The maximum atomic E-state index is 5.27. The Morgan fingerprint density at radius 2 is 0.760 bits per heavy atom. The molecule has 0 saturated carbocycles. The van der Waals surface area contributed by atoms with Crippen LogP contribution in [0, 0.1) is 0 Å². The van der Waals surface area contributed by atoms with Gasteiger partial charge in [0.15, 0.2) is 0 Å². The molecule has 2 nitrogen and oxygen atoms in total. The van der Waals surface area contributed by atoms with Gasteiger partial charge in [0.05, 0.1) is 22.4 Å². The SMILES string of the molecule is c1ccc(-c2cccc(-c3ccc4nc(-c5cccc(-c6ccccc6)c5)cc(-c5cccc(-c6ccc7ccccc7n6)c5)c4c3)c2)cc1. The average molecular weight is 637 g/mol. The first kappa shape index (κ1) is 29.5. The molecule has 0 unspecified atom stereocenters. The van der Waals surface area contributed by atoms with Crippen LogP contribution in [-0.2, 0) is 0 Å². The monoisotopic (exact) mass is 636 g/mol. The first-order valence-corrected chi connectivity index (χ1v) is 17.0. The largest absolute Gasteiger partial charge is 0.248 e. The number of aromatic nitrogens is 2. The van der Waals surface area contributed by atoms with Gasteiger partial charge in [-0.15, -0.1) is 0 Å². The van der Waals surface area contributed by atoms with Crippen LogP contribution in [0.4, 0.5) is 0 Å². The van der Waals surface area contributed by atoms with Crippen LogP contribution in [0.2, 0.25) is 0 Å². The fraction of sp³-hybridized carbons (Fsp3) is 0. The van der Waals surface area contributed by atoms with E-state index in [0.717, 1.165) is 61.0 Å². The lowest BCUT2D eigenvalue weighted by Gasteiger charge is -2.14. The molecule has 0 aliphatic heterocycles. The third-order valence-corrected chi connectivity index (χ3v) is 9.44. The average Bonchev–Trinajstić information content (AvgIpc) is 3.21. The summed E-state index contributed by atoms with van der Waals surface area (Å²) in [5, 5.41) is 2.25. The Balaban J connectivity index is 1.21. The van der Waals surface area contributed by atoms with Crippen molar-refractivity contribution >= 4 is 21.8 Å². The maximum Gasteiger partial charge on any atom is 0.0716 e. The predicted octanol–water partition coefficient (Wildman–Crippen LogP) is 12.8. The molecule has 0 saturated heterocycles. The Morgan fingerprint density at radius 3 is 1.48 bits per heavy atom. The highest BCUT2D eigenvalue weighted by atomic mass is 14.7. The van der Waals surface area contributed by atoms with Crippen LogP contribution in [0.25, 0.3) is 88.8 Å². The summed E-state index contributed by atoms with van der Waals surface area (Å²) in [6.07, 6.45) is 0. The first-order valence-electron chi connectivity index (χ1n) is 17.0. The van der Waals surface area contributed by atoms with Gasteiger partial charge in [-0.2, -0.15) is 0 Å². The minimum atomic E-state index is 0.943. The van der Waals surface area contributed by atoms with Crippen molar-refractivity contribution in [1.29, 1.82) is 0 Å². The molecule has 0 radical (unpaired) electrons. The van der Waals surface area contributed by atoms with Gasteiger partial charge in [-0.1, -0.05) is 146 Å². The van der Waals surface area contributed by atoms with E-state index in [1.54, 1.807) is 0 Å². The lowest BCUT2D eigenvalue weighted by Crippen LogP contribution is -1.92. The molecule has 9 aromatic rings. The highest BCUT2D eigenvalue weighted by Gasteiger charge is 2.14. The normalized spacial score (nSPS) is 11.2. The zero-order valence-electron chi connectivity index (χ0n) is 27.4. The van der Waals surface area contributed by atoms with Crippen molar-refractivity contribution in [1.82, 2.24) is 9.97 Å². The summed E-state index contributed by atoms with van der Waals surface area (Å²) in [5.41, 5.74) is 15.4. The van der Waals surface area contributed by atoms with E-state index in [9.17, 15) is 0 Å². The number of hydrogen-bond donors (Lipinski definition) is 0. The van der Waals surface area contributed by atoms with E-state index >= 15 is 0 Å². The molecule has 50 heavy (non-hydrogen) atoms. The smallest absolute Gasteiger partial charge is 0.0716 e. The van der Waals surface area contributed by atoms with Crippen molar-refractivity contribution in [2.45, 2.75) is 0 Å². The summed E-state index contributed by atoms with van der Waals surface area (Å²) < 4.78 is 0. The van der Waals surface area contributed by atoms with Gasteiger partial charge in [0, 0.05) is 21.9 Å². The minimum absolute atomic E-state index is 0.943. The van der Waals surface area contributed by atoms with Crippen molar-refractivity contribution in [2.24, 2.45) is 0 Å². The number of fused-ring (bicyclic) bond motifs is 2. The lowest BCUT2D eigenvalue weighted by molar-refractivity contribution is 1.39. The summed E-state index contributed by atoms with van der Waals surface area (Å²) >= 11 is 0. The molecule has 2 aromatic heterocycles.